The molecule has 0 radical (unpaired) electrons. The van der Waals surface area contributed by atoms with Crippen LogP contribution < -0.4 is 11.1 Å². The minimum atomic E-state index is -0.703. The van der Waals surface area contributed by atoms with Crippen molar-refractivity contribution in [3.8, 4) is 0 Å². The van der Waals surface area contributed by atoms with Crippen molar-refractivity contribution in [3.05, 3.63) is 29.0 Å². The van der Waals surface area contributed by atoms with Crippen molar-refractivity contribution in [1.82, 2.24) is 0 Å². The van der Waals surface area contributed by atoms with Gasteiger partial charge in [-0.1, -0.05) is 17.7 Å². The third-order valence-electron chi connectivity index (χ3n) is 1.62. The van der Waals surface area contributed by atoms with Gasteiger partial charge in [0.1, 0.15) is 5.82 Å². The Balaban J connectivity index is 2.91. The summed E-state index contributed by atoms with van der Waals surface area (Å²) in [5.41, 5.74) is 5.28. The second kappa shape index (κ2) is 4.39. The van der Waals surface area contributed by atoms with Crippen LogP contribution in [0, 0.1) is 5.82 Å². The highest BCUT2D eigenvalue weighted by Gasteiger charge is 2.12. The molecule has 0 saturated heterocycles. The minimum absolute atomic E-state index is 0.0310. The zero-order valence-electron chi connectivity index (χ0n) is 7.55. The Labute approximate surface area is 86.0 Å². The van der Waals surface area contributed by atoms with E-state index in [9.17, 15) is 9.18 Å². The number of anilines is 1. The maximum absolute atomic E-state index is 13.1. The van der Waals surface area contributed by atoms with Gasteiger partial charge in [0.05, 0.1) is 16.8 Å². The number of rotatable bonds is 2. The van der Waals surface area contributed by atoms with Crippen molar-refractivity contribution in [1.29, 1.82) is 0 Å². The van der Waals surface area contributed by atoms with Gasteiger partial charge in [0.25, 0.3) is 0 Å². The number of hydrogen-bond donors (Lipinski definition) is 2. The van der Waals surface area contributed by atoms with Crippen molar-refractivity contribution < 1.29 is 9.18 Å². The second-order valence-corrected chi connectivity index (χ2v) is 3.28. The number of hydrogen-bond acceptors (Lipinski definition) is 2. The Morgan fingerprint density at radius 2 is 2.29 bits per heavy atom. The lowest BCUT2D eigenvalue weighted by atomic mass is 10.2. The summed E-state index contributed by atoms with van der Waals surface area (Å²) >= 11 is 5.68. The maximum Gasteiger partial charge on any atom is 0.241 e. The third-order valence-corrected chi connectivity index (χ3v) is 1.94. The molecule has 0 aliphatic carbocycles. The van der Waals surface area contributed by atoms with Crippen LogP contribution in [0.2, 0.25) is 5.02 Å². The topological polar surface area (TPSA) is 55.1 Å². The quantitative estimate of drug-likeness (QED) is 0.792. The molecule has 1 rings (SSSR count). The molecule has 0 heterocycles. The van der Waals surface area contributed by atoms with Gasteiger partial charge < -0.3 is 11.1 Å². The van der Waals surface area contributed by atoms with Gasteiger partial charge in [0.15, 0.2) is 0 Å². The number of halogens is 2. The first kappa shape index (κ1) is 10.9. The largest absolute Gasteiger partial charge is 0.321 e. The highest BCUT2D eigenvalue weighted by molar-refractivity contribution is 6.33. The fraction of sp³-hybridized carbons (Fsp3) is 0.222. The van der Waals surface area contributed by atoms with Crippen molar-refractivity contribution in [2.45, 2.75) is 13.0 Å². The summed E-state index contributed by atoms with van der Waals surface area (Å²) < 4.78 is 13.1. The Hall–Kier alpha value is -1.13. The number of carbonyl (C=O) groups excluding carboxylic acids is 1. The van der Waals surface area contributed by atoms with E-state index < -0.39 is 17.8 Å². The molecule has 0 bridgehead atoms. The van der Waals surface area contributed by atoms with Gasteiger partial charge in [-0.3, -0.25) is 4.79 Å². The lowest BCUT2D eigenvalue weighted by molar-refractivity contribution is -0.117. The normalized spacial score (nSPS) is 12.3. The smallest absolute Gasteiger partial charge is 0.241 e. The number of nitrogens with one attached hydrogen (secondary N) is 1. The first-order chi connectivity index (χ1) is 6.52. The van der Waals surface area contributed by atoms with E-state index in [0.29, 0.717) is 0 Å². The van der Waals surface area contributed by atoms with E-state index in [0.717, 1.165) is 0 Å². The van der Waals surface area contributed by atoms with E-state index >= 15 is 0 Å². The predicted octanol–water partition coefficient (Wildman–Crippen LogP) is 1.76. The number of carbonyl (C=O) groups is 1. The number of benzene rings is 1. The molecule has 0 saturated carbocycles. The predicted molar refractivity (Wildman–Crippen MR) is 53.7 cm³/mol. The first-order valence-electron chi connectivity index (χ1n) is 4.03. The second-order valence-electron chi connectivity index (χ2n) is 2.87. The van der Waals surface area contributed by atoms with Gasteiger partial charge in [-0.15, -0.1) is 0 Å². The van der Waals surface area contributed by atoms with Crippen LogP contribution in [0.15, 0.2) is 18.2 Å². The van der Waals surface area contributed by atoms with Gasteiger partial charge in [-0.25, -0.2) is 4.39 Å². The average Bonchev–Trinajstić information content (AvgIpc) is 2.11. The van der Waals surface area contributed by atoms with Gasteiger partial charge >= 0.3 is 0 Å². The maximum atomic E-state index is 13.1. The molecule has 0 fully saturated rings. The zero-order valence-corrected chi connectivity index (χ0v) is 8.31. The Morgan fingerprint density at radius 1 is 1.64 bits per heavy atom. The fourth-order valence-corrected chi connectivity index (χ4v) is 1.06. The van der Waals surface area contributed by atoms with Crippen LogP contribution >= 0.6 is 11.6 Å². The molecule has 3 N–H and O–H groups in total. The highest BCUT2D eigenvalue weighted by atomic mass is 35.5. The van der Waals surface area contributed by atoms with E-state index in [1.54, 1.807) is 0 Å². The molecule has 1 aromatic carbocycles. The van der Waals surface area contributed by atoms with Crippen molar-refractivity contribution in [3.63, 3.8) is 0 Å². The minimum Gasteiger partial charge on any atom is -0.321 e. The zero-order chi connectivity index (χ0) is 10.7. The van der Waals surface area contributed by atoms with Gasteiger partial charge in [0.2, 0.25) is 5.91 Å². The molecular formula is C9H10ClFN2O. The molecule has 76 valence electrons. The van der Waals surface area contributed by atoms with E-state index in [1.165, 1.54) is 25.1 Å². The monoisotopic (exact) mass is 216 g/mol. The van der Waals surface area contributed by atoms with Crippen LogP contribution in [0.3, 0.4) is 0 Å². The Kier molecular flexibility index (Phi) is 3.43. The molecule has 0 aliphatic heterocycles. The molecule has 0 unspecified atom stereocenters. The van der Waals surface area contributed by atoms with Crippen LogP contribution in [0.25, 0.3) is 0 Å². The summed E-state index contributed by atoms with van der Waals surface area (Å²) in [6.45, 7) is 1.50. The summed E-state index contributed by atoms with van der Waals surface area (Å²) in [7, 11) is 0. The lowest BCUT2D eigenvalue weighted by Gasteiger charge is -2.09. The van der Waals surface area contributed by atoms with Crippen LogP contribution in [-0.4, -0.2) is 11.9 Å². The molecule has 1 aromatic rings. The molecule has 0 aromatic heterocycles. The van der Waals surface area contributed by atoms with E-state index in [-0.39, 0.29) is 10.7 Å². The Morgan fingerprint density at radius 3 is 2.79 bits per heavy atom. The molecule has 3 nitrogen and oxygen atoms in total. The number of amides is 1. The Bertz CT molecular complexity index is 334. The van der Waals surface area contributed by atoms with E-state index in [1.807, 2.05) is 0 Å². The molecule has 5 heteroatoms. The van der Waals surface area contributed by atoms with E-state index in [2.05, 4.69) is 5.32 Å². The number of para-hydroxylation sites is 1. The van der Waals surface area contributed by atoms with Gasteiger partial charge in [-0.2, -0.15) is 0 Å². The summed E-state index contributed by atoms with van der Waals surface area (Å²) in [4.78, 5) is 11.2. The summed E-state index contributed by atoms with van der Waals surface area (Å²) in [5, 5.41) is 2.46. The summed E-state index contributed by atoms with van der Waals surface area (Å²) in [6, 6.07) is 3.45. The molecule has 0 spiro atoms. The van der Waals surface area contributed by atoms with Crippen molar-refractivity contribution in [2.75, 3.05) is 5.32 Å². The molecule has 1 atom stereocenters. The molecule has 1 amide bonds. The van der Waals surface area contributed by atoms with Gasteiger partial charge in [-0.05, 0) is 19.1 Å². The van der Waals surface area contributed by atoms with Crippen LogP contribution in [0.1, 0.15) is 6.92 Å². The molecular weight excluding hydrogens is 207 g/mol. The number of nitrogens with two attached hydrogens (primary N) is 1. The highest BCUT2D eigenvalue weighted by Crippen LogP contribution is 2.24. The van der Waals surface area contributed by atoms with E-state index in [4.69, 9.17) is 17.3 Å². The summed E-state index contributed by atoms with van der Waals surface area (Å²) in [5.74, 6) is -1.05. The van der Waals surface area contributed by atoms with Crippen LogP contribution in [0.4, 0.5) is 10.1 Å². The third kappa shape index (κ3) is 2.43. The standard InChI is InChI=1S/C9H10ClFN2O/c1-5(12)9(14)13-8-6(10)3-2-4-7(8)11/h2-5H,12H2,1H3,(H,13,14)/t5-/m1/s1. The first-order valence-corrected chi connectivity index (χ1v) is 4.40. The van der Waals surface area contributed by atoms with Crippen LogP contribution in [0.5, 0.6) is 0 Å². The average molecular weight is 217 g/mol. The van der Waals surface area contributed by atoms with Crippen molar-refractivity contribution in [2.24, 2.45) is 5.73 Å². The van der Waals surface area contributed by atoms with Crippen LogP contribution in [-0.2, 0) is 4.79 Å². The summed E-state index contributed by atoms with van der Waals surface area (Å²) in [6.07, 6.45) is 0. The fourth-order valence-electron chi connectivity index (χ4n) is 0.854. The SMILES string of the molecule is C[C@@H](N)C(=O)Nc1c(F)cccc1Cl. The van der Waals surface area contributed by atoms with Gasteiger partial charge in [0, 0.05) is 0 Å². The van der Waals surface area contributed by atoms with Crippen molar-refractivity contribution >= 4 is 23.2 Å². The molecule has 0 aliphatic rings. The lowest BCUT2D eigenvalue weighted by Crippen LogP contribution is -2.32. The molecule has 14 heavy (non-hydrogen) atoms.